The lowest BCUT2D eigenvalue weighted by atomic mass is 10.0. The van der Waals surface area contributed by atoms with Crippen LogP contribution in [0.25, 0.3) is 6.08 Å². The maximum absolute atomic E-state index is 13.5. The smallest absolute Gasteiger partial charge is 0.270 e. The van der Waals surface area contributed by atoms with Crippen molar-refractivity contribution in [2.45, 2.75) is 65.3 Å². The van der Waals surface area contributed by atoms with Gasteiger partial charge in [-0.05, 0) is 49.8 Å². The number of thioether (sulfide) groups is 1. The molecule has 6 nitrogen and oxygen atoms in total. The third-order valence-corrected chi connectivity index (χ3v) is 8.48. The minimum atomic E-state index is -0.236. The van der Waals surface area contributed by atoms with E-state index in [4.69, 9.17) is 12.2 Å². The topological polar surface area (TPSA) is 69.3 Å². The van der Waals surface area contributed by atoms with Gasteiger partial charge in [0.25, 0.3) is 11.5 Å². The summed E-state index contributed by atoms with van der Waals surface area (Å²) in [6.07, 6.45) is 8.83. The van der Waals surface area contributed by atoms with Gasteiger partial charge in [-0.3, -0.25) is 19.1 Å². The van der Waals surface area contributed by atoms with Crippen molar-refractivity contribution in [1.82, 2.24) is 9.47 Å². The summed E-state index contributed by atoms with van der Waals surface area (Å²) >= 11 is 6.90. The van der Waals surface area contributed by atoms with Crippen LogP contribution in [0, 0.1) is 18.3 Å². The zero-order chi connectivity index (χ0) is 26.4. The SMILES string of the molecule is CCCCn1c(N2CCCCCC2)c(C=C2SC(=S)N(CCc3ccccc3)C2=O)c(C)c(C#N)c1=O. The number of anilines is 1. The molecule has 0 bridgehead atoms. The minimum absolute atomic E-state index is 0.114. The van der Waals surface area contributed by atoms with Gasteiger partial charge in [-0.15, -0.1) is 0 Å². The van der Waals surface area contributed by atoms with Crippen LogP contribution >= 0.6 is 24.0 Å². The van der Waals surface area contributed by atoms with E-state index in [0.29, 0.717) is 27.9 Å². The van der Waals surface area contributed by atoms with Gasteiger partial charge in [-0.25, -0.2) is 0 Å². The normalized spacial score (nSPS) is 17.4. The molecule has 4 rings (SSSR count). The molecule has 2 aromatic rings. The van der Waals surface area contributed by atoms with Crippen molar-refractivity contribution in [3.8, 4) is 6.07 Å². The molecule has 1 aromatic carbocycles. The van der Waals surface area contributed by atoms with Crippen LogP contribution < -0.4 is 10.5 Å². The van der Waals surface area contributed by atoms with Crippen molar-refractivity contribution in [3.63, 3.8) is 0 Å². The van der Waals surface area contributed by atoms with Crippen molar-refractivity contribution in [2.75, 3.05) is 24.5 Å². The Labute approximate surface area is 229 Å². The zero-order valence-electron chi connectivity index (χ0n) is 21.7. The van der Waals surface area contributed by atoms with Gasteiger partial charge in [0, 0.05) is 31.7 Å². The molecule has 2 aliphatic heterocycles. The van der Waals surface area contributed by atoms with E-state index in [1.165, 1.54) is 24.6 Å². The highest BCUT2D eigenvalue weighted by Crippen LogP contribution is 2.36. The summed E-state index contributed by atoms with van der Waals surface area (Å²) < 4.78 is 2.32. The van der Waals surface area contributed by atoms with Crippen molar-refractivity contribution < 1.29 is 4.79 Å². The van der Waals surface area contributed by atoms with Crippen LogP contribution in [0.15, 0.2) is 40.0 Å². The van der Waals surface area contributed by atoms with Gasteiger partial charge in [0.05, 0.1) is 4.91 Å². The third-order valence-electron chi connectivity index (χ3n) is 7.10. The Bertz CT molecular complexity index is 1290. The fraction of sp³-hybridized carbons (Fsp3) is 0.448. The average molecular weight is 535 g/mol. The second-order valence-electron chi connectivity index (χ2n) is 9.63. The Kier molecular flexibility index (Phi) is 9.23. The first-order valence-corrected chi connectivity index (χ1v) is 14.4. The lowest BCUT2D eigenvalue weighted by Crippen LogP contribution is -2.35. The number of pyridine rings is 1. The monoisotopic (exact) mass is 534 g/mol. The van der Waals surface area contributed by atoms with Crippen molar-refractivity contribution in [1.29, 1.82) is 5.26 Å². The molecule has 8 heteroatoms. The average Bonchev–Trinajstić information content (AvgIpc) is 3.06. The lowest BCUT2D eigenvalue weighted by Gasteiger charge is -2.29. The van der Waals surface area contributed by atoms with Gasteiger partial charge in [-0.2, -0.15) is 5.26 Å². The molecule has 0 N–H and O–H groups in total. The Morgan fingerprint density at radius 2 is 1.78 bits per heavy atom. The standard InChI is InChI=1S/C29H34N4O2S2/c1-3-4-17-32-26(31-15-10-5-6-11-16-31)23(21(2)24(20-30)27(32)34)19-25-28(35)33(29(36)37-25)18-14-22-12-8-7-9-13-22/h7-9,12-13,19H,3-6,10-11,14-18H2,1-2H3. The Morgan fingerprint density at radius 3 is 2.43 bits per heavy atom. The first-order valence-electron chi connectivity index (χ1n) is 13.2. The van der Waals surface area contributed by atoms with E-state index in [0.717, 1.165) is 62.1 Å². The van der Waals surface area contributed by atoms with Crippen LogP contribution in [0.1, 0.15) is 67.7 Å². The van der Waals surface area contributed by atoms with Crippen molar-refractivity contribution >= 4 is 46.1 Å². The molecule has 0 spiro atoms. The maximum atomic E-state index is 13.5. The van der Waals surface area contributed by atoms with E-state index in [1.807, 2.05) is 43.3 Å². The number of nitrogens with zero attached hydrogens (tertiary/aromatic N) is 4. The molecular formula is C29H34N4O2S2. The van der Waals surface area contributed by atoms with Gasteiger partial charge in [0.2, 0.25) is 0 Å². The number of hydrogen-bond acceptors (Lipinski definition) is 6. The molecule has 37 heavy (non-hydrogen) atoms. The predicted octanol–water partition coefficient (Wildman–Crippen LogP) is 5.65. The van der Waals surface area contributed by atoms with Crippen LogP contribution in [-0.4, -0.2) is 39.3 Å². The van der Waals surface area contributed by atoms with E-state index in [9.17, 15) is 14.9 Å². The summed E-state index contributed by atoms with van der Waals surface area (Å²) in [6, 6.07) is 12.2. The predicted molar refractivity (Wildman–Crippen MR) is 156 cm³/mol. The molecule has 1 amide bonds. The lowest BCUT2D eigenvalue weighted by molar-refractivity contribution is -0.122. The van der Waals surface area contributed by atoms with Crippen LogP contribution in [0.3, 0.4) is 0 Å². The van der Waals surface area contributed by atoms with Gasteiger partial charge in [0.1, 0.15) is 21.8 Å². The number of benzene rings is 1. The highest BCUT2D eigenvalue weighted by atomic mass is 32.2. The molecule has 0 unspecified atom stereocenters. The highest BCUT2D eigenvalue weighted by Gasteiger charge is 2.33. The van der Waals surface area contributed by atoms with Gasteiger partial charge < -0.3 is 4.90 Å². The summed E-state index contributed by atoms with van der Waals surface area (Å²) in [4.78, 5) is 31.4. The molecule has 1 aromatic heterocycles. The summed E-state index contributed by atoms with van der Waals surface area (Å²) in [6.45, 7) is 6.70. The summed E-state index contributed by atoms with van der Waals surface area (Å²) in [7, 11) is 0. The maximum Gasteiger partial charge on any atom is 0.270 e. The minimum Gasteiger partial charge on any atom is -0.357 e. The largest absolute Gasteiger partial charge is 0.357 e. The molecule has 0 radical (unpaired) electrons. The molecular weight excluding hydrogens is 500 g/mol. The summed E-state index contributed by atoms with van der Waals surface area (Å²) in [5.41, 5.74) is 2.49. The van der Waals surface area contributed by atoms with Crippen LogP contribution in [0.4, 0.5) is 5.82 Å². The first-order chi connectivity index (χ1) is 18.0. The number of rotatable bonds is 8. The molecule has 2 saturated heterocycles. The second-order valence-corrected chi connectivity index (χ2v) is 11.3. The Morgan fingerprint density at radius 1 is 1.08 bits per heavy atom. The van der Waals surface area contributed by atoms with Gasteiger partial charge >= 0.3 is 0 Å². The Balaban J connectivity index is 1.77. The van der Waals surface area contributed by atoms with E-state index in [1.54, 1.807) is 9.47 Å². The number of thiocarbonyl (C=S) groups is 1. The van der Waals surface area contributed by atoms with Crippen LogP contribution in [-0.2, 0) is 17.8 Å². The molecule has 2 aliphatic rings. The van der Waals surface area contributed by atoms with Crippen molar-refractivity contribution in [2.24, 2.45) is 0 Å². The number of hydrogen-bond donors (Lipinski definition) is 0. The van der Waals surface area contributed by atoms with E-state index >= 15 is 0 Å². The molecule has 3 heterocycles. The number of nitriles is 1. The van der Waals surface area contributed by atoms with E-state index in [-0.39, 0.29) is 17.0 Å². The van der Waals surface area contributed by atoms with E-state index < -0.39 is 0 Å². The molecule has 0 aliphatic carbocycles. The van der Waals surface area contributed by atoms with E-state index in [2.05, 4.69) is 17.9 Å². The zero-order valence-corrected chi connectivity index (χ0v) is 23.3. The number of carbonyl (C=O) groups excluding carboxylic acids is 1. The fourth-order valence-corrected chi connectivity index (χ4v) is 6.29. The number of amides is 1. The Hall–Kier alpha value is -2.89. The van der Waals surface area contributed by atoms with Crippen LogP contribution in [0.2, 0.25) is 0 Å². The molecule has 0 atom stereocenters. The third kappa shape index (κ3) is 6.00. The highest BCUT2D eigenvalue weighted by molar-refractivity contribution is 8.26. The summed E-state index contributed by atoms with van der Waals surface area (Å²) in [5, 5.41) is 9.90. The van der Waals surface area contributed by atoms with Crippen LogP contribution in [0.5, 0.6) is 0 Å². The fourth-order valence-electron chi connectivity index (χ4n) is 5.00. The van der Waals surface area contributed by atoms with Gasteiger partial charge in [-0.1, -0.05) is 80.5 Å². The quantitative estimate of drug-likeness (QED) is 0.322. The second kappa shape index (κ2) is 12.6. The molecule has 194 valence electrons. The number of aromatic nitrogens is 1. The number of unbranched alkanes of at least 4 members (excludes halogenated alkanes) is 1. The summed E-state index contributed by atoms with van der Waals surface area (Å²) in [5.74, 6) is 0.725. The molecule has 0 saturated carbocycles. The number of carbonyl (C=O) groups is 1. The van der Waals surface area contributed by atoms with Crippen molar-refractivity contribution in [3.05, 3.63) is 67.8 Å². The first kappa shape index (κ1) is 27.2. The molecule has 2 fully saturated rings. The van der Waals surface area contributed by atoms with Gasteiger partial charge in [0.15, 0.2) is 0 Å².